The van der Waals surface area contributed by atoms with Crippen LogP contribution in [0.4, 0.5) is 0 Å². The first-order valence-corrected chi connectivity index (χ1v) is 9.65. The summed E-state index contributed by atoms with van der Waals surface area (Å²) < 4.78 is 11.0. The number of ether oxygens (including phenoxy) is 1. The summed E-state index contributed by atoms with van der Waals surface area (Å²) in [6, 6.07) is 12.4. The molecule has 2 heterocycles. The van der Waals surface area contributed by atoms with Gasteiger partial charge in [-0.15, -0.1) is 0 Å². The van der Waals surface area contributed by atoms with Gasteiger partial charge in [0.15, 0.2) is 11.5 Å². The van der Waals surface area contributed by atoms with E-state index in [9.17, 15) is 14.4 Å². The molecule has 0 spiro atoms. The number of benzene rings is 1. The van der Waals surface area contributed by atoms with Gasteiger partial charge in [-0.3, -0.25) is 25.2 Å². The summed E-state index contributed by atoms with van der Waals surface area (Å²) in [4.78, 5) is 39.8. The molecule has 0 bridgehead atoms. The Balaban J connectivity index is 1.34. The Kier molecular flexibility index (Phi) is 5.38. The van der Waals surface area contributed by atoms with E-state index in [4.69, 9.17) is 9.15 Å². The van der Waals surface area contributed by atoms with E-state index in [1.807, 2.05) is 30.3 Å². The third kappa shape index (κ3) is 3.98. The molecule has 3 aromatic rings. The predicted octanol–water partition coefficient (Wildman–Crippen LogP) is 3.09. The van der Waals surface area contributed by atoms with Crippen molar-refractivity contribution in [2.24, 2.45) is 0 Å². The fourth-order valence-corrected chi connectivity index (χ4v) is 3.49. The van der Waals surface area contributed by atoms with E-state index in [1.54, 1.807) is 13.0 Å². The monoisotopic (exact) mass is 407 g/mol. The molecule has 0 saturated heterocycles. The normalized spacial score (nSPS) is 12.9. The Morgan fingerprint density at radius 2 is 1.83 bits per heavy atom. The first-order chi connectivity index (χ1) is 14.5. The van der Waals surface area contributed by atoms with Gasteiger partial charge in [0.1, 0.15) is 23.8 Å². The van der Waals surface area contributed by atoms with Gasteiger partial charge in [0, 0.05) is 17.7 Å². The number of aryl methyl sites for hydroxylation is 1. The predicted molar refractivity (Wildman–Crippen MR) is 107 cm³/mol. The molecular formula is C22H21N3O5. The lowest BCUT2D eigenvalue weighted by Gasteiger charge is -2.09. The van der Waals surface area contributed by atoms with Crippen molar-refractivity contribution in [3.63, 3.8) is 0 Å². The van der Waals surface area contributed by atoms with Crippen LogP contribution < -0.4 is 15.6 Å². The highest BCUT2D eigenvalue weighted by molar-refractivity contribution is 6.04. The number of aromatic nitrogens is 1. The number of hydrazine groups is 1. The number of Topliss-reactive ketones (excluding diaryl/α,β-unsaturated/α-hetero) is 1. The number of rotatable bonds is 5. The molecule has 4 rings (SSSR count). The van der Waals surface area contributed by atoms with Gasteiger partial charge in [0.25, 0.3) is 5.91 Å². The second-order valence-corrected chi connectivity index (χ2v) is 7.03. The number of hydrogen-bond acceptors (Lipinski definition) is 5. The zero-order valence-electron chi connectivity index (χ0n) is 16.4. The number of hydrogen-bond donors (Lipinski definition) is 3. The van der Waals surface area contributed by atoms with Gasteiger partial charge in [-0.2, -0.15) is 0 Å². The van der Waals surface area contributed by atoms with Gasteiger partial charge in [-0.25, -0.2) is 0 Å². The molecule has 8 nitrogen and oxygen atoms in total. The van der Waals surface area contributed by atoms with Crippen LogP contribution in [-0.2, 0) is 13.0 Å². The Morgan fingerprint density at radius 3 is 2.60 bits per heavy atom. The lowest BCUT2D eigenvalue weighted by atomic mass is 9.94. The zero-order chi connectivity index (χ0) is 21.1. The van der Waals surface area contributed by atoms with Gasteiger partial charge in [-0.05, 0) is 49.6 Å². The second-order valence-electron chi connectivity index (χ2n) is 7.03. The number of carbonyl (C=O) groups excluding carboxylic acids is 3. The molecule has 1 aliphatic carbocycles. The number of ketones is 1. The van der Waals surface area contributed by atoms with Crippen molar-refractivity contribution in [1.82, 2.24) is 15.8 Å². The van der Waals surface area contributed by atoms with Gasteiger partial charge in [0.2, 0.25) is 0 Å². The molecule has 30 heavy (non-hydrogen) atoms. The van der Waals surface area contributed by atoms with Crippen LogP contribution in [0.1, 0.15) is 61.3 Å². The molecule has 0 unspecified atom stereocenters. The van der Waals surface area contributed by atoms with Crippen LogP contribution in [0.15, 0.2) is 46.9 Å². The Morgan fingerprint density at radius 1 is 1.07 bits per heavy atom. The highest BCUT2D eigenvalue weighted by Crippen LogP contribution is 2.26. The minimum atomic E-state index is -0.598. The quantitative estimate of drug-likeness (QED) is 0.563. The van der Waals surface area contributed by atoms with Crippen LogP contribution in [0.5, 0.6) is 5.75 Å². The zero-order valence-corrected chi connectivity index (χ0v) is 16.4. The van der Waals surface area contributed by atoms with Crippen molar-refractivity contribution >= 4 is 17.6 Å². The molecule has 0 radical (unpaired) electrons. The topological polar surface area (TPSA) is 113 Å². The SMILES string of the molecule is Cc1c(C(=O)NNC(=O)c2ccc(COc3ccccc3)o2)[nH]c2c1C(=O)CCC2. The molecule has 0 atom stereocenters. The van der Waals surface area contributed by atoms with E-state index in [2.05, 4.69) is 15.8 Å². The van der Waals surface area contributed by atoms with Gasteiger partial charge in [0.05, 0.1) is 0 Å². The van der Waals surface area contributed by atoms with Crippen LogP contribution in [0.3, 0.4) is 0 Å². The molecule has 2 amide bonds. The lowest BCUT2D eigenvalue weighted by Crippen LogP contribution is -2.41. The highest BCUT2D eigenvalue weighted by Gasteiger charge is 2.26. The largest absolute Gasteiger partial charge is 0.486 e. The Hall–Kier alpha value is -3.81. The molecule has 1 aromatic carbocycles. The molecule has 1 aliphatic rings. The highest BCUT2D eigenvalue weighted by atomic mass is 16.5. The van der Waals surface area contributed by atoms with Gasteiger partial charge in [-0.1, -0.05) is 18.2 Å². The summed E-state index contributed by atoms with van der Waals surface area (Å²) in [6.07, 6.45) is 1.97. The number of H-pyrrole nitrogens is 1. The van der Waals surface area contributed by atoms with Crippen LogP contribution >= 0.6 is 0 Å². The number of fused-ring (bicyclic) bond motifs is 1. The summed E-state index contributed by atoms with van der Waals surface area (Å²) in [5, 5.41) is 0. The van der Waals surface area contributed by atoms with E-state index in [0.29, 0.717) is 29.1 Å². The third-order valence-corrected chi connectivity index (χ3v) is 4.96. The summed E-state index contributed by atoms with van der Waals surface area (Å²) in [6.45, 7) is 1.89. The maximum absolute atomic E-state index is 12.5. The molecule has 2 aromatic heterocycles. The molecular weight excluding hydrogens is 386 g/mol. The van der Waals surface area contributed by atoms with E-state index < -0.39 is 11.8 Å². The van der Waals surface area contributed by atoms with Crippen LogP contribution in [0, 0.1) is 6.92 Å². The maximum Gasteiger partial charge on any atom is 0.305 e. The third-order valence-electron chi connectivity index (χ3n) is 4.96. The molecule has 0 fully saturated rings. The lowest BCUT2D eigenvalue weighted by molar-refractivity contribution is 0.0826. The van der Waals surface area contributed by atoms with Crippen molar-refractivity contribution in [3.05, 3.63) is 76.5 Å². The average Bonchev–Trinajstić information content (AvgIpc) is 3.36. The summed E-state index contributed by atoms with van der Waals surface area (Å²) in [5.74, 6) is 0.117. The molecule has 0 saturated carbocycles. The number of carbonyl (C=O) groups is 3. The van der Waals surface area contributed by atoms with Crippen LogP contribution in [0.25, 0.3) is 0 Å². The van der Waals surface area contributed by atoms with Gasteiger partial charge >= 0.3 is 5.91 Å². The second kappa shape index (κ2) is 8.28. The number of furan rings is 1. The van der Waals surface area contributed by atoms with Crippen LogP contribution in [-0.4, -0.2) is 22.6 Å². The minimum Gasteiger partial charge on any atom is -0.486 e. The standard InChI is InChI=1S/C22H21N3O5/c1-13-19-16(8-5-9-17(19)26)23-20(13)22(28)25-24-21(27)18-11-10-15(30-18)12-29-14-6-3-2-4-7-14/h2-4,6-7,10-11,23H,5,8-9,12H2,1H3,(H,24,27)(H,25,28). The first-order valence-electron chi connectivity index (χ1n) is 9.65. The first kappa shape index (κ1) is 19.5. The Bertz CT molecular complexity index is 1100. The maximum atomic E-state index is 12.5. The summed E-state index contributed by atoms with van der Waals surface area (Å²) in [7, 11) is 0. The summed E-state index contributed by atoms with van der Waals surface area (Å²) >= 11 is 0. The van der Waals surface area contributed by atoms with E-state index >= 15 is 0 Å². The van der Waals surface area contributed by atoms with Crippen molar-refractivity contribution in [3.8, 4) is 5.75 Å². The fourth-order valence-electron chi connectivity index (χ4n) is 3.49. The smallest absolute Gasteiger partial charge is 0.305 e. The van der Waals surface area contributed by atoms with E-state index in [1.165, 1.54) is 6.07 Å². The number of aromatic amines is 1. The van der Waals surface area contributed by atoms with E-state index in [-0.39, 0.29) is 23.8 Å². The molecule has 0 aliphatic heterocycles. The van der Waals surface area contributed by atoms with Gasteiger partial charge < -0.3 is 14.1 Å². The number of amides is 2. The van der Waals surface area contributed by atoms with E-state index in [0.717, 1.165) is 18.5 Å². The Labute approximate surface area is 172 Å². The van der Waals surface area contributed by atoms with Crippen molar-refractivity contribution in [2.45, 2.75) is 32.8 Å². The van der Waals surface area contributed by atoms with Crippen molar-refractivity contribution < 1.29 is 23.5 Å². The molecule has 8 heteroatoms. The average molecular weight is 407 g/mol. The number of para-hydroxylation sites is 1. The minimum absolute atomic E-state index is 0.0360. The van der Waals surface area contributed by atoms with Crippen molar-refractivity contribution in [1.29, 1.82) is 0 Å². The molecule has 3 N–H and O–H groups in total. The molecule has 154 valence electrons. The number of nitrogens with one attached hydrogen (secondary N) is 3. The van der Waals surface area contributed by atoms with Crippen molar-refractivity contribution in [2.75, 3.05) is 0 Å². The van der Waals surface area contributed by atoms with Crippen LogP contribution in [0.2, 0.25) is 0 Å². The summed E-state index contributed by atoms with van der Waals surface area (Å²) in [5.41, 5.74) is 6.91. The fraction of sp³-hybridized carbons (Fsp3) is 0.227.